The van der Waals surface area contributed by atoms with Gasteiger partial charge in [-0.3, -0.25) is 9.10 Å². The maximum absolute atomic E-state index is 12.6. The standard InChI is InChI=1S/C19H19ClN4O4S/c1-13(24(29(2,26)27)16-6-4-3-5-7-16)19(25)21-12-17-22-18(23-28-17)14-8-10-15(20)11-9-14/h3-11,13H,12H2,1-2H3,(H,21,25)/t13-/m0/s1. The van der Waals surface area contributed by atoms with E-state index in [4.69, 9.17) is 16.1 Å². The molecular weight excluding hydrogens is 416 g/mol. The van der Waals surface area contributed by atoms with Crippen molar-refractivity contribution in [2.24, 2.45) is 0 Å². The molecule has 0 fully saturated rings. The van der Waals surface area contributed by atoms with Gasteiger partial charge in [-0.2, -0.15) is 4.98 Å². The van der Waals surface area contributed by atoms with Crippen LogP contribution in [-0.2, 0) is 21.4 Å². The summed E-state index contributed by atoms with van der Waals surface area (Å²) in [7, 11) is -3.67. The van der Waals surface area contributed by atoms with Gasteiger partial charge in [0.05, 0.1) is 18.5 Å². The van der Waals surface area contributed by atoms with E-state index in [-0.39, 0.29) is 12.4 Å². The van der Waals surface area contributed by atoms with Crippen LogP contribution in [0.25, 0.3) is 11.4 Å². The molecule has 3 rings (SSSR count). The molecule has 1 aromatic heterocycles. The molecular formula is C19H19ClN4O4S. The molecule has 0 aliphatic heterocycles. The normalized spacial score (nSPS) is 12.4. The highest BCUT2D eigenvalue weighted by Crippen LogP contribution is 2.21. The predicted molar refractivity (Wildman–Crippen MR) is 110 cm³/mol. The third-order valence-electron chi connectivity index (χ3n) is 4.08. The summed E-state index contributed by atoms with van der Waals surface area (Å²) in [5.41, 5.74) is 1.12. The van der Waals surface area contributed by atoms with Crippen LogP contribution in [0.2, 0.25) is 5.02 Å². The van der Waals surface area contributed by atoms with E-state index in [1.807, 2.05) is 0 Å². The van der Waals surface area contributed by atoms with Gasteiger partial charge >= 0.3 is 0 Å². The Bertz CT molecular complexity index is 1080. The number of para-hydroxylation sites is 1. The number of hydrogen-bond donors (Lipinski definition) is 1. The summed E-state index contributed by atoms with van der Waals surface area (Å²) >= 11 is 5.86. The smallest absolute Gasteiger partial charge is 0.246 e. The van der Waals surface area contributed by atoms with Gasteiger partial charge in [0, 0.05) is 10.6 Å². The molecule has 3 aromatic rings. The zero-order valence-corrected chi connectivity index (χ0v) is 17.3. The molecule has 10 heteroatoms. The van der Waals surface area contributed by atoms with Crippen LogP contribution in [0.1, 0.15) is 12.8 Å². The molecule has 0 aliphatic carbocycles. The number of aromatic nitrogens is 2. The van der Waals surface area contributed by atoms with Crippen molar-refractivity contribution in [3.8, 4) is 11.4 Å². The number of amides is 1. The van der Waals surface area contributed by atoms with Gasteiger partial charge in [-0.05, 0) is 43.3 Å². The Morgan fingerprint density at radius 1 is 1.17 bits per heavy atom. The molecule has 2 aromatic carbocycles. The van der Waals surface area contributed by atoms with Crippen LogP contribution in [0.15, 0.2) is 59.1 Å². The molecule has 0 radical (unpaired) electrons. The maximum atomic E-state index is 12.6. The third-order valence-corrected chi connectivity index (χ3v) is 5.58. The maximum Gasteiger partial charge on any atom is 0.246 e. The van der Waals surface area contributed by atoms with E-state index in [0.29, 0.717) is 16.5 Å². The second kappa shape index (κ2) is 8.62. The van der Waals surface area contributed by atoms with Gasteiger partial charge in [0.25, 0.3) is 0 Å². The molecule has 1 atom stereocenters. The Kier molecular flexibility index (Phi) is 6.19. The lowest BCUT2D eigenvalue weighted by atomic mass is 10.2. The molecule has 1 N–H and O–H groups in total. The van der Waals surface area contributed by atoms with Gasteiger partial charge in [-0.1, -0.05) is 35.0 Å². The fourth-order valence-corrected chi connectivity index (χ4v) is 4.04. The summed E-state index contributed by atoms with van der Waals surface area (Å²) in [4.78, 5) is 16.8. The number of rotatable bonds is 7. The lowest BCUT2D eigenvalue weighted by Crippen LogP contribution is -2.47. The van der Waals surface area contributed by atoms with Crippen molar-refractivity contribution in [2.45, 2.75) is 19.5 Å². The molecule has 8 nitrogen and oxygen atoms in total. The van der Waals surface area contributed by atoms with Gasteiger partial charge in [0.2, 0.25) is 27.6 Å². The first-order chi connectivity index (χ1) is 13.8. The van der Waals surface area contributed by atoms with Gasteiger partial charge in [0.1, 0.15) is 6.04 Å². The Balaban J connectivity index is 1.69. The topological polar surface area (TPSA) is 105 Å². The number of carbonyl (C=O) groups excluding carboxylic acids is 1. The van der Waals surface area contributed by atoms with E-state index in [0.717, 1.165) is 16.1 Å². The number of halogens is 1. The summed E-state index contributed by atoms with van der Waals surface area (Å²) in [6.45, 7) is 1.48. The first-order valence-electron chi connectivity index (χ1n) is 8.66. The number of benzene rings is 2. The fourth-order valence-electron chi connectivity index (χ4n) is 2.74. The van der Waals surface area contributed by atoms with Crippen molar-refractivity contribution in [1.29, 1.82) is 0 Å². The van der Waals surface area contributed by atoms with Crippen molar-refractivity contribution in [2.75, 3.05) is 10.6 Å². The molecule has 0 bridgehead atoms. The highest BCUT2D eigenvalue weighted by atomic mass is 35.5. The Hall–Kier alpha value is -2.91. The van der Waals surface area contributed by atoms with Crippen molar-refractivity contribution in [3.05, 3.63) is 65.5 Å². The minimum absolute atomic E-state index is 0.0316. The van der Waals surface area contributed by atoms with E-state index >= 15 is 0 Å². The molecule has 0 spiro atoms. The van der Waals surface area contributed by atoms with E-state index in [9.17, 15) is 13.2 Å². The van der Waals surface area contributed by atoms with Crippen LogP contribution in [0.5, 0.6) is 0 Å². The molecule has 1 amide bonds. The Labute approximate surface area is 173 Å². The molecule has 0 saturated heterocycles. The van der Waals surface area contributed by atoms with Crippen LogP contribution in [0.3, 0.4) is 0 Å². The van der Waals surface area contributed by atoms with E-state index < -0.39 is 22.0 Å². The van der Waals surface area contributed by atoms with Crippen LogP contribution >= 0.6 is 11.6 Å². The number of sulfonamides is 1. The highest BCUT2D eigenvalue weighted by Gasteiger charge is 2.29. The van der Waals surface area contributed by atoms with Crippen molar-refractivity contribution >= 4 is 33.2 Å². The Morgan fingerprint density at radius 2 is 1.83 bits per heavy atom. The predicted octanol–water partition coefficient (Wildman–Crippen LogP) is 2.86. The summed E-state index contributed by atoms with van der Waals surface area (Å²) < 4.78 is 30.7. The number of carbonyl (C=O) groups is 1. The molecule has 152 valence electrons. The number of anilines is 1. The molecule has 1 heterocycles. The van der Waals surface area contributed by atoms with E-state index in [1.54, 1.807) is 54.6 Å². The van der Waals surface area contributed by atoms with Crippen LogP contribution < -0.4 is 9.62 Å². The lowest BCUT2D eigenvalue weighted by molar-refractivity contribution is -0.122. The first kappa shape index (κ1) is 20.8. The molecule has 29 heavy (non-hydrogen) atoms. The van der Waals surface area contributed by atoms with E-state index in [1.165, 1.54) is 6.92 Å². The van der Waals surface area contributed by atoms with Crippen LogP contribution in [0, 0.1) is 0 Å². The average Bonchev–Trinajstić information content (AvgIpc) is 3.15. The number of nitrogens with one attached hydrogen (secondary N) is 1. The molecule has 0 unspecified atom stereocenters. The summed E-state index contributed by atoms with van der Waals surface area (Å²) in [6, 6.07) is 14.4. The van der Waals surface area contributed by atoms with Crippen molar-refractivity contribution < 1.29 is 17.7 Å². The average molecular weight is 435 g/mol. The summed E-state index contributed by atoms with van der Waals surface area (Å²) in [5.74, 6) is 0.0626. The van der Waals surface area contributed by atoms with Gasteiger partial charge in [-0.25, -0.2) is 8.42 Å². The van der Waals surface area contributed by atoms with Crippen LogP contribution in [0.4, 0.5) is 5.69 Å². The SMILES string of the molecule is C[C@@H](C(=O)NCc1nc(-c2ccc(Cl)cc2)no1)N(c1ccccc1)S(C)(=O)=O. The van der Waals surface area contributed by atoms with Gasteiger partial charge < -0.3 is 9.84 Å². The molecule has 0 aliphatic rings. The number of nitrogens with zero attached hydrogens (tertiary/aromatic N) is 3. The second-order valence-electron chi connectivity index (χ2n) is 6.31. The minimum atomic E-state index is -3.67. The number of hydrogen-bond acceptors (Lipinski definition) is 6. The summed E-state index contributed by atoms with van der Waals surface area (Å²) in [6.07, 6.45) is 1.06. The van der Waals surface area contributed by atoms with Crippen molar-refractivity contribution in [1.82, 2.24) is 15.5 Å². The lowest BCUT2D eigenvalue weighted by Gasteiger charge is -2.28. The zero-order valence-electron chi connectivity index (χ0n) is 15.7. The van der Waals surface area contributed by atoms with Gasteiger partial charge in [0.15, 0.2) is 0 Å². The second-order valence-corrected chi connectivity index (χ2v) is 8.60. The highest BCUT2D eigenvalue weighted by molar-refractivity contribution is 7.92. The van der Waals surface area contributed by atoms with Gasteiger partial charge in [-0.15, -0.1) is 0 Å². The largest absolute Gasteiger partial charge is 0.345 e. The monoisotopic (exact) mass is 434 g/mol. The van der Waals surface area contributed by atoms with E-state index in [2.05, 4.69) is 15.5 Å². The van der Waals surface area contributed by atoms with Crippen molar-refractivity contribution in [3.63, 3.8) is 0 Å². The van der Waals surface area contributed by atoms with Crippen LogP contribution in [-0.4, -0.2) is 36.8 Å². The first-order valence-corrected chi connectivity index (χ1v) is 10.9. The molecule has 0 saturated carbocycles. The quantitative estimate of drug-likeness (QED) is 0.613. The minimum Gasteiger partial charge on any atom is -0.345 e. The Morgan fingerprint density at radius 3 is 2.45 bits per heavy atom. The zero-order chi connectivity index (χ0) is 21.0. The summed E-state index contributed by atoms with van der Waals surface area (Å²) in [5, 5.41) is 7.10. The third kappa shape index (κ3) is 5.12. The fraction of sp³-hybridized carbons (Fsp3) is 0.211.